The van der Waals surface area contributed by atoms with E-state index >= 15 is 0 Å². The van der Waals surface area contributed by atoms with E-state index in [0.29, 0.717) is 15.4 Å². The molecule has 0 saturated carbocycles. The first-order chi connectivity index (χ1) is 10.6. The van der Waals surface area contributed by atoms with Crippen LogP contribution in [-0.4, -0.2) is 21.6 Å². The molecule has 0 aromatic carbocycles. The molecule has 1 atom stereocenters. The summed E-state index contributed by atoms with van der Waals surface area (Å²) in [5, 5.41) is 7.81. The number of amides is 1. The van der Waals surface area contributed by atoms with Gasteiger partial charge in [0, 0.05) is 4.88 Å². The summed E-state index contributed by atoms with van der Waals surface area (Å²) in [5.41, 5.74) is -0.166. The minimum Gasteiger partial charge on any atom is -0.348 e. The van der Waals surface area contributed by atoms with Crippen LogP contribution in [0.2, 0.25) is 0 Å². The summed E-state index contributed by atoms with van der Waals surface area (Å²) >= 11 is 4.26. The fraction of sp³-hybridized carbons (Fsp3) is 0.214. The molecule has 22 heavy (non-hydrogen) atoms. The van der Waals surface area contributed by atoms with Gasteiger partial charge in [-0.3, -0.25) is 9.59 Å². The molecule has 2 N–H and O–H groups in total. The van der Waals surface area contributed by atoms with Crippen LogP contribution in [0.25, 0.3) is 10.2 Å². The maximum Gasteiger partial charge on any atom is 0.260 e. The molecule has 0 aliphatic heterocycles. The molecule has 3 aromatic rings. The zero-order valence-corrected chi connectivity index (χ0v) is 14.1. The van der Waals surface area contributed by atoms with Gasteiger partial charge in [0.15, 0.2) is 5.16 Å². The molecule has 1 amide bonds. The van der Waals surface area contributed by atoms with E-state index in [1.807, 2.05) is 29.8 Å². The molecule has 0 aliphatic carbocycles. The summed E-state index contributed by atoms with van der Waals surface area (Å²) in [6.07, 6.45) is 0. The van der Waals surface area contributed by atoms with Crippen LogP contribution in [0.5, 0.6) is 0 Å². The highest BCUT2D eigenvalue weighted by atomic mass is 32.2. The molecule has 3 aromatic heterocycles. The summed E-state index contributed by atoms with van der Waals surface area (Å²) in [5.74, 6) is 0.134. The fourth-order valence-corrected chi connectivity index (χ4v) is 4.17. The van der Waals surface area contributed by atoms with Crippen molar-refractivity contribution in [1.82, 2.24) is 15.3 Å². The highest BCUT2D eigenvalue weighted by molar-refractivity contribution is 7.99. The second kappa shape index (κ2) is 6.64. The number of carbonyl (C=O) groups is 1. The number of nitrogens with one attached hydrogen (secondary N) is 2. The largest absolute Gasteiger partial charge is 0.348 e. The van der Waals surface area contributed by atoms with Crippen LogP contribution in [0.3, 0.4) is 0 Å². The average molecular weight is 351 g/mol. The molecule has 3 heterocycles. The van der Waals surface area contributed by atoms with Crippen molar-refractivity contribution in [1.29, 1.82) is 0 Å². The van der Waals surface area contributed by atoms with Gasteiger partial charge in [0.25, 0.3) is 5.56 Å². The first-order valence-electron chi connectivity index (χ1n) is 6.56. The van der Waals surface area contributed by atoms with Crippen molar-refractivity contribution < 1.29 is 4.79 Å². The minimum absolute atomic E-state index is 0.0140. The number of aromatic amines is 1. The minimum atomic E-state index is -0.166. The van der Waals surface area contributed by atoms with Crippen molar-refractivity contribution >= 4 is 50.6 Å². The number of thioether (sulfide) groups is 1. The van der Waals surface area contributed by atoms with Gasteiger partial charge < -0.3 is 10.3 Å². The highest BCUT2D eigenvalue weighted by Gasteiger charge is 2.12. The van der Waals surface area contributed by atoms with Crippen LogP contribution < -0.4 is 10.9 Å². The lowest BCUT2D eigenvalue weighted by molar-refractivity contribution is -0.119. The number of hydrogen-bond acceptors (Lipinski definition) is 6. The molecule has 1 unspecified atom stereocenters. The van der Waals surface area contributed by atoms with Gasteiger partial charge in [-0.05, 0) is 29.8 Å². The lowest BCUT2D eigenvalue weighted by Crippen LogP contribution is -2.27. The Hall–Kier alpha value is -1.64. The van der Waals surface area contributed by atoms with E-state index in [4.69, 9.17) is 0 Å². The van der Waals surface area contributed by atoms with Gasteiger partial charge >= 0.3 is 0 Å². The third-order valence-electron chi connectivity index (χ3n) is 3.00. The van der Waals surface area contributed by atoms with Gasteiger partial charge in [0.05, 0.1) is 17.2 Å². The predicted octanol–water partition coefficient (Wildman–Crippen LogP) is 3.02. The van der Waals surface area contributed by atoms with Crippen molar-refractivity contribution in [3.63, 3.8) is 0 Å². The Bertz CT molecular complexity index is 839. The van der Waals surface area contributed by atoms with Crippen LogP contribution >= 0.6 is 34.4 Å². The molecule has 0 fully saturated rings. The van der Waals surface area contributed by atoms with E-state index in [1.165, 1.54) is 23.1 Å². The highest BCUT2D eigenvalue weighted by Crippen LogP contribution is 2.20. The molecular weight excluding hydrogens is 338 g/mol. The quantitative estimate of drug-likeness (QED) is 0.547. The second-order valence-electron chi connectivity index (χ2n) is 4.60. The summed E-state index contributed by atoms with van der Waals surface area (Å²) in [7, 11) is 0. The van der Waals surface area contributed by atoms with E-state index in [2.05, 4.69) is 15.3 Å². The summed E-state index contributed by atoms with van der Waals surface area (Å²) in [6, 6.07) is 5.68. The number of fused-ring (bicyclic) bond motifs is 1. The van der Waals surface area contributed by atoms with Crippen molar-refractivity contribution in [2.75, 3.05) is 5.75 Å². The second-order valence-corrected chi connectivity index (χ2v) is 7.44. The van der Waals surface area contributed by atoms with Gasteiger partial charge in [0.2, 0.25) is 5.91 Å². The predicted molar refractivity (Wildman–Crippen MR) is 91.8 cm³/mol. The van der Waals surface area contributed by atoms with E-state index < -0.39 is 0 Å². The van der Waals surface area contributed by atoms with Crippen molar-refractivity contribution in [2.24, 2.45) is 0 Å². The van der Waals surface area contributed by atoms with E-state index in [9.17, 15) is 9.59 Å². The molecule has 0 aliphatic rings. The molecule has 8 heteroatoms. The smallest absolute Gasteiger partial charge is 0.260 e. The SMILES string of the molecule is CC(NC(=O)CSc1nc2sccc2c(=O)[nH]1)c1cccs1. The van der Waals surface area contributed by atoms with Gasteiger partial charge in [-0.1, -0.05) is 17.8 Å². The normalized spacial score (nSPS) is 12.4. The molecule has 0 radical (unpaired) electrons. The Labute approximate surface area is 138 Å². The van der Waals surface area contributed by atoms with Crippen LogP contribution in [0.1, 0.15) is 17.8 Å². The molecular formula is C14H13N3O2S3. The molecule has 114 valence electrons. The summed E-state index contributed by atoms with van der Waals surface area (Å²) in [4.78, 5) is 32.7. The maximum absolute atomic E-state index is 12.0. The Morgan fingerprint density at radius 2 is 2.27 bits per heavy atom. The van der Waals surface area contributed by atoms with E-state index in [1.54, 1.807) is 17.4 Å². The van der Waals surface area contributed by atoms with Crippen molar-refractivity contribution in [3.8, 4) is 0 Å². The van der Waals surface area contributed by atoms with Crippen LogP contribution in [0.15, 0.2) is 38.9 Å². The Morgan fingerprint density at radius 1 is 1.41 bits per heavy atom. The lowest BCUT2D eigenvalue weighted by atomic mass is 10.3. The third kappa shape index (κ3) is 3.40. The molecule has 0 saturated heterocycles. The Morgan fingerprint density at radius 3 is 3.05 bits per heavy atom. The first kappa shape index (κ1) is 15.3. The van der Waals surface area contributed by atoms with Gasteiger partial charge in [-0.15, -0.1) is 22.7 Å². The number of thiophene rings is 2. The zero-order chi connectivity index (χ0) is 15.5. The average Bonchev–Trinajstić information content (AvgIpc) is 3.16. The Kier molecular flexibility index (Phi) is 4.60. The molecule has 5 nitrogen and oxygen atoms in total. The van der Waals surface area contributed by atoms with Gasteiger partial charge in [0.1, 0.15) is 4.83 Å². The number of H-pyrrole nitrogens is 1. The third-order valence-corrected chi connectivity index (χ3v) is 5.74. The maximum atomic E-state index is 12.0. The van der Waals surface area contributed by atoms with Crippen LogP contribution in [0.4, 0.5) is 0 Å². The van der Waals surface area contributed by atoms with Crippen LogP contribution in [-0.2, 0) is 4.79 Å². The monoisotopic (exact) mass is 351 g/mol. The number of carbonyl (C=O) groups excluding carboxylic acids is 1. The summed E-state index contributed by atoms with van der Waals surface area (Å²) < 4.78 is 0. The number of hydrogen-bond donors (Lipinski definition) is 2. The summed E-state index contributed by atoms with van der Waals surface area (Å²) in [6.45, 7) is 1.95. The van der Waals surface area contributed by atoms with E-state index in [0.717, 1.165) is 4.88 Å². The van der Waals surface area contributed by atoms with Gasteiger partial charge in [-0.25, -0.2) is 4.98 Å². The van der Waals surface area contributed by atoms with Crippen molar-refractivity contribution in [2.45, 2.75) is 18.1 Å². The van der Waals surface area contributed by atoms with E-state index in [-0.39, 0.29) is 23.3 Å². The number of rotatable bonds is 5. The zero-order valence-electron chi connectivity index (χ0n) is 11.7. The molecule has 0 spiro atoms. The fourth-order valence-electron chi connectivity index (χ4n) is 1.94. The lowest BCUT2D eigenvalue weighted by Gasteiger charge is -2.11. The number of nitrogens with zero attached hydrogens (tertiary/aromatic N) is 1. The molecule has 0 bridgehead atoms. The first-order valence-corrected chi connectivity index (χ1v) is 9.31. The standard InChI is InChI=1S/C14H13N3O2S3/c1-8(10-3-2-5-20-10)15-11(18)7-22-14-16-12(19)9-4-6-21-13(9)17-14/h2-6,8H,7H2,1H3,(H,15,18)(H,16,17,19). The topological polar surface area (TPSA) is 74.8 Å². The van der Waals surface area contributed by atoms with Gasteiger partial charge in [-0.2, -0.15) is 0 Å². The van der Waals surface area contributed by atoms with Crippen LogP contribution in [0, 0.1) is 0 Å². The number of aromatic nitrogens is 2. The van der Waals surface area contributed by atoms with Crippen molar-refractivity contribution in [3.05, 3.63) is 44.2 Å². The Balaban J connectivity index is 1.61. The molecule has 3 rings (SSSR count).